The SMILES string of the molecule is O=S(=O)(c1ccccc1)[C@@H]1CCCCC1OCC(F)(F)F. The Morgan fingerprint density at radius 1 is 1.10 bits per heavy atom. The Bertz CT molecular complexity index is 555. The van der Waals surface area contributed by atoms with Gasteiger partial charge in [0.2, 0.25) is 0 Å². The molecule has 1 aliphatic carbocycles. The Hall–Kier alpha value is -1.08. The second-order valence-corrected chi connectivity index (χ2v) is 7.31. The van der Waals surface area contributed by atoms with Crippen LogP contribution in [0.2, 0.25) is 0 Å². The van der Waals surface area contributed by atoms with Gasteiger partial charge in [0.25, 0.3) is 0 Å². The van der Waals surface area contributed by atoms with Gasteiger partial charge in [0.05, 0.1) is 16.2 Å². The number of benzene rings is 1. The Labute approximate surface area is 122 Å². The molecule has 1 saturated carbocycles. The Morgan fingerprint density at radius 2 is 1.71 bits per heavy atom. The van der Waals surface area contributed by atoms with Crippen LogP contribution < -0.4 is 0 Å². The molecule has 118 valence electrons. The van der Waals surface area contributed by atoms with E-state index < -0.39 is 34.0 Å². The van der Waals surface area contributed by atoms with Gasteiger partial charge in [-0.3, -0.25) is 0 Å². The number of hydrogen-bond donors (Lipinski definition) is 0. The highest BCUT2D eigenvalue weighted by molar-refractivity contribution is 7.92. The van der Waals surface area contributed by atoms with E-state index in [1.807, 2.05) is 0 Å². The first-order chi connectivity index (χ1) is 9.81. The van der Waals surface area contributed by atoms with Crippen molar-refractivity contribution in [1.29, 1.82) is 0 Å². The van der Waals surface area contributed by atoms with E-state index in [9.17, 15) is 21.6 Å². The summed E-state index contributed by atoms with van der Waals surface area (Å²) >= 11 is 0. The zero-order valence-electron chi connectivity index (χ0n) is 11.3. The second-order valence-electron chi connectivity index (χ2n) is 5.15. The van der Waals surface area contributed by atoms with Crippen molar-refractivity contribution in [2.24, 2.45) is 0 Å². The molecule has 1 aromatic carbocycles. The molecule has 1 unspecified atom stereocenters. The number of alkyl halides is 3. The molecule has 2 atom stereocenters. The number of halogens is 3. The fourth-order valence-electron chi connectivity index (χ4n) is 2.59. The fourth-order valence-corrected chi connectivity index (χ4v) is 4.57. The summed E-state index contributed by atoms with van der Waals surface area (Å²) in [7, 11) is -3.67. The molecule has 7 heteroatoms. The first kappa shape index (κ1) is 16.3. The molecule has 0 heterocycles. The molecule has 1 fully saturated rings. The van der Waals surface area contributed by atoms with E-state index in [2.05, 4.69) is 0 Å². The van der Waals surface area contributed by atoms with Gasteiger partial charge in [0.1, 0.15) is 6.61 Å². The topological polar surface area (TPSA) is 43.4 Å². The lowest BCUT2D eigenvalue weighted by molar-refractivity contribution is -0.187. The predicted octanol–water partition coefficient (Wildman–Crippen LogP) is 3.35. The number of sulfone groups is 1. The van der Waals surface area contributed by atoms with E-state index in [1.165, 1.54) is 12.1 Å². The maximum atomic E-state index is 12.6. The van der Waals surface area contributed by atoms with E-state index in [1.54, 1.807) is 18.2 Å². The Morgan fingerprint density at radius 3 is 2.33 bits per heavy atom. The third kappa shape index (κ3) is 4.20. The third-order valence-electron chi connectivity index (χ3n) is 3.57. The summed E-state index contributed by atoms with van der Waals surface area (Å²) in [6, 6.07) is 7.82. The minimum atomic E-state index is -4.45. The van der Waals surface area contributed by atoms with Crippen LogP contribution in [0.1, 0.15) is 25.7 Å². The summed E-state index contributed by atoms with van der Waals surface area (Å²) < 4.78 is 66.8. The highest BCUT2D eigenvalue weighted by atomic mass is 32.2. The predicted molar refractivity (Wildman–Crippen MR) is 71.7 cm³/mol. The van der Waals surface area contributed by atoms with Crippen LogP contribution in [0.15, 0.2) is 35.2 Å². The molecule has 0 saturated heterocycles. The normalized spacial score (nSPS) is 24.0. The molecule has 0 N–H and O–H groups in total. The van der Waals surface area contributed by atoms with Gasteiger partial charge < -0.3 is 4.74 Å². The van der Waals surface area contributed by atoms with Crippen molar-refractivity contribution < 1.29 is 26.3 Å². The average molecular weight is 322 g/mol. The maximum Gasteiger partial charge on any atom is 0.411 e. The Balaban J connectivity index is 2.18. The summed E-state index contributed by atoms with van der Waals surface area (Å²) in [5, 5.41) is -0.906. The van der Waals surface area contributed by atoms with Gasteiger partial charge in [-0.1, -0.05) is 31.0 Å². The van der Waals surface area contributed by atoms with Crippen LogP contribution in [0.25, 0.3) is 0 Å². The minimum Gasteiger partial charge on any atom is -0.367 e. The lowest BCUT2D eigenvalue weighted by Gasteiger charge is -2.31. The lowest BCUT2D eigenvalue weighted by Crippen LogP contribution is -2.40. The molecule has 0 amide bonds. The lowest BCUT2D eigenvalue weighted by atomic mass is 9.97. The number of rotatable bonds is 4. The van der Waals surface area contributed by atoms with E-state index in [0.29, 0.717) is 25.7 Å². The van der Waals surface area contributed by atoms with Gasteiger partial charge in [0, 0.05) is 0 Å². The minimum absolute atomic E-state index is 0.137. The smallest absolute Gasteiger partial charge is 0.367 e. The van der Waals surface area contributed by atoms with Crippen LogP contribution in [-0.4, -0.2) is 32.6 Å². The van der Waals surface area contributed by atoms with Crippen LogP contribution in [0.4, 0.5) is 13.2 Å². The maximum absolute atomic E-state index is 12.6. The summed E-state index contributed by atoms with van der Waals surface area (Å²) in [5.41, 5.74) is 0. The van der Waals surface area contributed by atoms with Crippen LogP contribution >= 0.6 is 0 Å². The first-order valence-electron chi connectivity index (χ1n) is 6.78. The molecule has 0 radical (unpaired) electrons. The van der Waals surface area contributed by atoms with Crippen LogP contribution in [0, 0.1) is 0 Å². The standard InChI is InChI=1S/C14H17F3O3S/c15-14(16,17)10-20-12-8-4-5-9-13(12)21(18,19)11-6-2-1-3-7-11/h1-3,6-7,12-13H,4-5,8-10H2/t12?,13-/m1/s1. The van der Waals surface area contributed by atoms with E-state index in [-0.39, 0.29) is 4.90 Å². The molecule has 0 aromatic heterocycles. The monoisotopic (exact) mass is 322 g/mol. The molecular weight excluding hydrogens is 305 g/mol. The van der Waals surface area contributed by atoms with Crippen LogP contribution in [0.5, 0.6) is 0 Å². The quantitative estimate of drug-likeness (QED) is 0.854. The molecule has 3 nitrogen and oxygen atoms in total. The van der Waals surface area contributed by atoms with Crippen molar-refractivity contribution in [3.63, 3.8) is 0 Å². The molecular formula is C14H17F3O3S. The van der Waals surface area contributed by atoms with E-state index in [4.69, 9.17) is 4.74 Å². The summed E-state index contributed by atoms with van der Waals surface area (Å²) in [4.78, 5) is 0.137. The summed E-state index contributed by atoms with van der Waals surface area (Å²) in [6.07, 6.45) is -3.30. The molecule has 1 aromatic rings. The molecule has 21 heavy (non-hydrogen) atoms. The molecule has 0 aliphatic heterocycles. The van der Waals surface area contributed by atoms with Crippen molar-refractivity contribution in [2.75, 3.05) is 6.61 Å². The van der Waals surface area contributed by atoms with Crippen LogP contribution in [-0.2, 0) is 14.6 Å². The zero-order valence-corrected chi connectivity index (χ0v) is 12.2. The van der Waals surface area contributed by atoms with E-state index in [0.717, 1.165) is 0 Å². The second kappa shape index (κ2) is 6.36. The van der Waals surface area contributed by atoms with Crippen LogP contribution in [0.3, 0.4) is 0 Å². The van der Waals surface area contributed by atoms with Gasteiger partial charge >= 0.3 is 6.18 Å². The highest BCUT2D eigenvalue weighted by Crippen LogP contribution is 2.31. The molecule has 0 bridgehead atoms. The number of hydrogen-bond acceptors (Lipinski definition) is 3. The van der Waals surface area contributed by atoms with Crippen molar-refractivity contribution >= 4 is 9.84 Å². The van der Waals surface area contributed by atoms with Gasteiger partial charge in [0.15, 0.2) is 9.84 Å². The van der Waals surface area contributed by atoms with Gasteiger partial charge in [-0.2, -0.15) is 13.2 Å². The van der Waals surface area contributed by atoms with Gasteiger partial charge in [-0.25, -0.2) is 8.42 Å². The van der Waals surface area contributed by atoms with Gasteiger partial charge in [-0.05, 0) is 25.0 Å². The largest absolute Gasteiger partial charge is 0.411 e. The summed E-state index contributed by atoms with van der Waals surface area (Å²) in [5.74, 6) is 0. The molecule has 1 aliphatic rings. The average Bonchev–Trinajstić information content (AvgIpc) is 2.45. The fraction of sp³-hybridized carbons (Fsp3) is 0.571. The molecule has 0 spiro atoms. The van der Waals surface area contributed by atoms with Crippen molar-refractivity contribution in [1.82, 2.24) is 0 Å². The highest BCUT2D eigenvalue weighted by Gasteiger charge is 2.39. The first-order valence-corrected chi connectivity index (χ1v) is 8.32. The van der Waals surface area contributed by atoms with Crippen molar-refractivity contribution in [3.05, 3.63) is 30.3 Å². The van der Waals surface area contributed by atoms with Crippen molar-refractivity contribution in [2.45, 2.75) is 48.1 Å². The number of ether oxygens (including phenoxy) is 1. The van der Waals surface area contributed by atoms with E-state index >= 15 is 0 Å². The Kier molecular flexibility index (Phi) is 4.93. The zero-order chi connectivity index (χ0) is 15.5. The van der Waals surface area contributed by atoms with Crippen molar-refractivity contribution in [3.8, 4) is 0 Å². The summed E-state index contributed by atoms with van der Waals surface area (Å²) in [6.45, 7) is -1.40. The van der Waals surface area contributed by atoms with Gasteiger partial charge in [-0.15, -0.1) is 0 Å². The molecule has 2 rings (SSSR count). The third-order valence-corrected chi connectivity index (χ3v) is 5.84.